The SMILES string of the molecule is O=S(=O)(CCCC(F)(F)F)N1CCC(O)c2ccccc21. The molecule has 1 aromatic rings. The highest BCUT2D eigenvalue weighted by Gasteiger charge is 2.32. The molecule has 1 heterocycles. The van der Waals surface area contributed by atoms with Gasteiger partial charge in [-0.2, -0.15) is 13.2 Å². The fourth-order valence-electron chi connectivity index (χ4n) is 2.37. The molecular weight excluding hydrogens is 307 g/mol. The highest BCUT2D eigenvalue weighted by molar-refractivity contribution is 7.92. The van der Waals surface area contributed by atoms with E-state index < -0.39 is 40.9 Å². The first-order chi connectivity index (χ1) is 9.71. The van der Waals surface area contributed by atoms with E-state index >= 15 is 0 Å². The number of anilines is 1. The van der Waals surface area contributed by atoms with Crippen LogP contribution >= 0.6 is 0 Å². The molecular formula is C13H16F3NO3S. The molecule has 0 fully saturated rings. The van der Waals surface area contributed by atoms with E-state index in [2.05, 4.69) is 0 Å². The summed E-state index contributed by atoms with van der Waals surface area (Å²) in [7, 11) is -3.82. The number of aliphatic hydroxyl groups excluding tert-OH is 1. The van der Waals surface area contributed by atoms with Crippen molar-refractivity contribution in [2.45, 2.75) is 31.5 Å². The van der Waals surface area contributed by atoms with Gasteiger partial charge in [0.05, 0.1) is 17.5 Å². The van der Waals surface area contributed by atoms with E-state index in [4.69, 9.17) is 0 Å². The van der Waals surface area contributed by atoms with Crippen LogP contribution in [0.2, 0.25) is 0 Å². The van der Waals surface area contributed by atoms with Gasteiger partial charge in [0.15, 0.2) is 0 Å². The molecule has 118 valence electrons. The summed E-state index contributed by atoms with van der Waals surface area (Å²) in [5, 5.41) is 9.86. The van der Waals surface area contributed by atoms with Crippen LogP contribution in [0.4, 0.5) is 18.9 Å². The Morgan fingerprint density at radius 3 is 2.62 bits per heavy atom. The summed E-state index contributed by atoms with van der Waals surface area (Å²) in [5.41, 5.74) is 0.839. The second kappa shape index (κ2) is 5.84. The van der Waals surface area contributed by atoms with E-state index in [-0.39, 0.29) is 13.0 Å². The molecule has 0 bridgehead atoms. The molecule has 1 aliphatic rings. The molecule has 0 aliphatic carbocycles. The van der Waals surface area contributed by atoms with E-state index in [1.165, 1.54) is 0 Å². The molecule has 0 saturated heterocycles. The third-order valence-electron chi connectivity index (χ3n) is 3.37. The van der Waals surface area contributed by atoms with Gasteiger partial charge in [-0.15, -0.1) is 0 Å². The molecule has 1 unspecified atom stereocenters. The van der Waals surface area contributed by atoms with Gasteiger partial charge in [-0.1, -0.05) is 18.2 Å². The average Bonchev–Trinajstić information content (AvgIpc) is 2.37. The largest absolute Gasteiger partial charge is 0.389 e. The van der Waals surface area contributed by atoms with Crippen LogP contribution in [0, 0.1) is 0 Å². The molecule has 0 radical (unpaired) electrons. The standard InChI is InChI=1S/C13H16F3NO3S/c14-13(15,16)7-3-9-21(19,20)17-8-6-12(18)10-4-1-2-5-11(10)17/h1-2,4-5,12,18H,3,6-9H2. The van der Waals surface area contributed by atoms with Crippen LogP contribution in [0.25, 0.3) is 0 Å². The van der Waals surface area contributed by atoms with Crippen LogP contribution in [0.1, 0.15) is 30.9 Å². The number of hydrogen-bond donors (Lipinski definition) is 1. The van der Waals surface area contributed by atoms with Crippen molar-refractivity contribution >= 4 is 15.7 Å². The summed E-state index contributed by atoms with van der Waals surface area (Å²) in [4.78, 5) is 0. The molecule has 4 nitrogen and oxygen atoms in total. The van der Waals surface area contributed by atoms with Gasteiger partial charge in [0, 0.05) is 18.5 Å². The molecule has 0 aromatic heterocycles. The smallest absolute Gasteiger partial charge is 0.388 e. The van der Waals surface area contributed by atoms with Gasteiger partial charge in [-0.25, -0.2) is 8.42 Å². The van der Waals surface area contributed by atoms with Gasteiger partial charge in [0.2, 0.25) is 10.0 Å². The van der Waals surface area contributed by atoms with Gasteiger partial charge in [0.25, 0.3) is 0 Å². The van der Waals surface area contributed by atoms with Crippen molar-refractivity contribution in [1.29, 1.82) is 0 Å². The molecule has 0 saturated carbocycles. The van der Waals surface area contributed by atoms with Crippen LogP contribution in [0.5, 0.6) is 0 Å². The molecule has 1 N–H and O–H groups in total. The Kier molecular flexibility index (Phi) is 4.48. The maximum atomic E-state index is 12.2. The minimum absolute atomic E-state index is 0.0759. The highest BCUT2D eigenvalue weighted by atomic mass is 32.2. The predicted octanol–water partition coefficient (Wildman–Crippen LogP) is 2.60. The Hall–Kier alpha value is -1.28. The number of rotatable bonds is 4. The maximum Gasteiger partial charge on any atom is 0.389 e. The maximum absolute atomic E-state index is 12.2. The zero-order valence-corrected chi connectivity index (χ0v) is 12.0. The number of hydrogen-bond acceptors (Lipinski definition) is 3. The summed E-state index contributed by atoms with van der Waals surface area (Å²) in [5.74, 6) is -0.559. The zero-order valence-electron chi connectivity index (χ0n) is 11.2. The third-order valence-corrected chi connectivity index (χ3v) is 5.22. The lowest BCUT2D eigenvalue weighted by molar-refractivity contribution is -0.134. The van der Waals surface area contributed by atoms with Crippen molar-refractivity contribution in [1.82, 2.24) is 0 Å². The van der Waals surface area contributed by atoms with Gasteiger partial charge < -0.3 is 5.11 Å². The third kappa shape index (κ3) is 3.88. The quantitative estimate of drug-likeness (QED) is 0.926. The van der Waals surface area contributed by atoms with Gasteiger partial charge in [0.1, 0.15) is 0 Å². The van der Waals surface area contributed by atoms with Crippen molar-refractivity contribution in [2.75, 3.05) is 16.6 Å². The average molecular weight is 323 g/mol. The molecule has 1 atom stereocenters. The predicted molar refractivity (Wildman–Crippen MR) is 72.4 cm³/mol. The number of alkyl halides is 3. The number of nitrogens with zero attached hydrogens (tertiary/aromatic N) is 1. The van der Waals surface area contributed by atoms with E-state index in [1.54, 1.807) is 24.3 Å². The van der Waals surface area contributed by atoms with Crippen molar-refractivity contribution in [3.05, 3.63) is 29.8 Å². The Balaban J connectivity index is 2.16. The van der Waals surface area contributed by atoms with E-state index in [0.29, 0.717) is 11.3 Å². The first-order valence-electron chi connectivity index (χ1n) is 6.55. The summed E-state index contributed by atoms with van der Waals surface area (Å²) in [6.07, 6.45) is -6.46. The molecule has 8 heteroatoms. The van der Waals surface area contributed by atoms with Crippen LogP contribution < -0.4 is 4.31 Å². The second-order valence-corrected chi connectivity index (χ2v) is 6.98. The lowest BCUT2D eigenvalue weighted by Crippen LogP contribution is -2.38. The minimum Gasteiger partial charge on any atom is -0.388 e. The molecule has 1 aliphatic heterocycles. The molecule has 21 heavy (non-hydrogen) atoms. The van der Waals surface area contributed by atoms with E-state index in [0.717, 1.165) is 4.31 Å². The van der Waals surface area contributed by atoms with Crippen molar-refractivity contribution in [3.63, 3.8) is 0 Å². The van der Waals surface area contributed by atoms with Gasteiger partial charge in [-0.05, 0) is 18.9 Å². The van der Waals surface area contributed by atoms with Crippen LogP contribution in [-0.4, -0.2) is 32.0 Å². The second-order valence-electron chi connectivity index (χ2n) is 4.97. The van der Waals surface area contributed by atoms with Crippen LogP contribution in [0.15, 0.2) is 24.3 Å². The summed E-state index contributed by atoms with van der Waals surface area (Å²) >= 11 is 0. The Labute approximate surface area is 121 Å². The lowest BCUT2D eigenvalue weighted by Gasteiger charge is -2.33. The molecule has 0 amide bonds. The summed E-state index contributed by atoms with van der Waals surface area (Å²) in [6, 6.07) is 6.49. The van der Waals surface area contributed by atoms with Gasteiger partial charge >= 0.3 is 6.18 Å². The Morgan fingerprint density at radius 1 is 1.29 bits per heavy atom. The molecule has 2 rings (SSSR count). The zero-order chi connectivity index (χ0) is 15.7. The van der Waals surface area contributed by atoms with Crippen molar-refractivity contribution in [3.8, 4) is 0 Å². The highest BCUT2D eigenvalue weighted by Crippen LogP contribution is 2.35. The topological polar surface area (TPSA) is 57.6 Å². The number of halogens is 3. The number of fused-ring (bicyclic) bond motifs is 1. The van der Waals surface area contributed by atoms with Crippen molar-refractivity contribution in [2.24, 2.45) is 0 Å². The number of sulfonamides is 1. The van der Waals surface area contributed by atoms with Crippen LogP contribution in [-0.2, 0) is 10.0 Å². The number of para-hydroxylation sites is 1. The minimum atomic E-state index is -4.36. The fourth-order valence-corrected chi connectivity index (χ4v) is 3.95. The first kappa shape index (κ1) is 16.1. The van der Waals surface area contributed by atoms with E-state index in [9.17, 15) is 26.7 Å². The molecule has 0 spiro atoms. The monoisotopic (exact) mass is 323 g/mol. The first-order valence-corrected chi connectivity index (χ1v) is 8.16. The van der Waals surface area contributed by atoms with E-state index in [1.807, 2.05) is 0 Å². The Morgan fingerprint density at radius 2 is 1.95 bits per heavy atom. The van der Waals surface area contributed by atoms with Gasteiger partial charge in [-0.3, -0.25) is 4.31 Å². The Bertz CT molecular complexity index is 601. The number of benzene rings is 1. The van der Waals surface area contributed by atoms with Crippen LogP contribution in [0.3, 0.4) is 0 Å². The lowest BCUT2D eigenvalue weighted by atomic mass is 10.0. The summed E-state index contributed by atoms with van der Waals surface area (Å²) in [6.45, 7) is 0.0759. The fraction of sp³-hybridized carbons (Fsp3) is 0.538. The molecule has 1 aromatic carbocycles. The summed E-state index contributed by atoms with van der Waals surface area (Å²) < 4.78 is 61.9. The number of aliphatic hydroxyl groups is 1. The normalized spacial score (nSPS) is 19.4. The van der Waals surface area contributed by atoms with Crippen molar-refractivity contribution < 1.29 is 26.7 Å².